The topological polar surface area (TPSA) is 113 Å². The molecule has 2 aromatic carbocycles. The van der Waals surface area contributed by atoms with Crippen LogP contribution in [-0.2, 0) is 15.6 Å². The maximum atomic E-state index is 12.9. The van der Waals surface area contributed by atoms with Crippen molar-refractivity contribution in [3.63, 3.8) is 0 Å². The zero-order valence-electron chi connectivity index (χ0n) is 21.2. The van der Waals surface area contributed by atoms with E-state index in [1.165, 1.54) is 53.0 Å². The van der Waals surface area contributed by atoms with Crippen LogP contribution in [-0.4, -0.2) is 47.6 Å². The van der Waals surface area contributed by atoms with Crippen molar-refractivity contribution in [2.24, 2.45) is 0 Å². The highest BCUT2D eigenvalue weighted by atomic mass is 79.9. The van der Waals surface area contributed by atoms with Gasteiger partial charge in [0.2, 0.25) is 5.88 Å². The predicted molar refractivity (Wildman–Crippen MR) is 150 cm³/mol. The minimum Gasteiger partial charge on any atom is -0.496 e. The minimum absolute atomic E-state index is 0.204. The lowest BCUT2D eigenvalue weighted by molar-refractivity contribution is 0.104. The number of benzene rings is 2. The number of halogens is 1. The first kappa shape index (κ1) is 28.7. The van der Waals surface area contributed by atoms with Gasteiger partial charge in [-0.3, -0.25) is 4.79 Å². The fraction of sp³-hybridized carbons (Fsp3) is 0.185. The average Bonchev–Trinajstić information content (AvgIpc) is 2.91. The lowest BCUT2D eigenvalue weighted by atomic mass is 10.1. The van der Waals surface area contributed by atoms with Gasteiger partial charge in [0.05, 0.1) is 39.8 Å². The van der Waals surface area contributed by atoms with Gasteiger partial charge in [-0.1, -0.05) is 15.9 Å². The van der Waals surface area contributed by atoms with Gasteiger partial charge in [-0.15, -0.1) is 0 Å². The smallest absolute Gasteiger partial charge is 0.237 e. The highest BCUT2D eigenvalue weighted by molar-refractivity contribution is 9.10. The molecule has 0 radical (unpaired) electrons. The monoisotopic (exact) mass is 602 g/mol. The molecule has 0 amide bonds. The van der Waals surface area contributed by atoms with E-state index in [-0.39, 0.29) is 17.4 Å². The molecule has 0 saturated carbocycles. The van der Waals surface area contributed by atoms with Gasteiger partial charge in [0.1, 0.15) is 22.9 Å². The molecule has 200 valence electrons. The molecule has 1 N–H and O–H groups in total. The second-order valence-electron chi connectivity index (χ2n) is 7.80. The summed E-state index contributed by atoms with van der Waals surface area (Å²) in [5, 5.41) is 4.04. The first-order valence-electron chi connectivity index (χ1n) is 11.2. The lowest BCUT2D eigenvalue weighted by Gasteiger charge is -2.12. The number of aromatic nitrogens is 1. The van der Waals surface area contributed by atoms with Gasteiger partial charge in [-0.05, 0) is 42.0 Å². The molecular weight excluding hydrogens is 576 g/mol. The van der Waals surface area contributed by atoms with E-state index in [1.807, 2.05) is 0 Å². The molecule has 0 atom stereocenters. The van der Waals surface area contributed by atoms with Crippen LogP contribution in [0.5, 0.6) is 23.1 Å². The summed E-state index contributed by atoms with van der Waals surface area (Å²) in [5.41, 5.74) is 1.80. The van der Waals surface area contributed by atoms with Crippen LogP contribution in [0.2, 0.25) is 0 Å². The van der Waals surface area contributed by atoms with E-state index in [0.29, 0.717) is 39.6 Å². The van der Waals surface area contributed by atoms with Gasteiger partial charge in [0, 0.05) is 46.0 Å². The van der Waals surface area contributed by atoms with Crippen LogP contribution < -0.4 is 24.3 Å². The van der Waals surface area contributed by atoms with Gasteiger partial charge in [-0.2, -0.15) is 0 Å². The Balaban J connectivity index is 1.78. The van der Waals surface area contributed by atoms with Gasteiger partial charge < -0.3 is 24.3 Å². The maximum Gasteiger partial charge on any atom is 0.237 e. The molecule has 38 heavy (non-hydrogen) atoms. The highest BCUT2D eigenvalue weighted by Gasteiger charge is 2.15. The number of nitrogens with zero attached hydrogens (tertiary/aromatic N) is 1. The van der Waals surface area contributed by atoms with Crippen molar-refractivity contribution in [2.45, 2.75) is 5.75 Å². The molecule has 0 bridgehead atoms. The summed E-state index contributed by atoms with van der Waals surface area (Å²) in [6.07, 6.45) is 5.65. The first-order chi connectivity index (χ1) is 18.2. The number of carbonyl (C=O) groups excluding carboxylic acids is 1. The molecule has 0 unspecified atom stereocenters. The molecule has 3 rings (SSSR count). The first-order valence-corrected chi connectivity index (χ1v) is 13.7. The molecule has 1 aromatic heterocycles. The summed E-state index contributed by atoms with van der Waals surface area (Å²) < 4.78 is 47.9. The van der Waals surface area contributed by atoms with Crippen molar-refractivity contribution in [2.75, 3.05) is 33.8 Å². The number of hydrogen-bond donors (Lipinski definition) is 1. The number of carbonyl (C=O) groups is 1. The zero-order chi connectivity index (χ0) is 27.7. The van der Waals surface area contributed by atoms with E-state index in [1.54, 1.807) is 42.5 Å². The number of hydrogen-bond acceptors (Lipinski definition) is 9. The lowest BCUT2D eigenvalue weighted by Crippen LogP contribution is -2.04. The predicted octanol–water partition coefficient (Wildman–Crippen LogP) is 5.27. The number of sulfone groups is 1. The highest BCUT2D eigenvalue weighted by Crippen LogP contribution is 2.35. The van der Waals surface area contributed by atoms with Gasteiger partial charge >= 0.3 is 0 Å². The number of ether oxygens (including phenoxy) is 4. The van der Waals surface area contributed by atoms with Gasteiger partial charge in [-0.25, -0.2) is 13.4 Å². The quantitative estimate of drug-likeness (QED) is 0.219. The van der Waals surface area contributed by atoms with Crippen LogP contribution in [0.25, 0.3) is 6.08 Å². The Kier molecular flexibility index (Phi) is 9.91. The molecular formula is C27H27BrN2O7S. The van der Waals surface area contributed by atoms with Crippen molar-refractivity contribution in [3.8, 4) is 23.1 Å². The number of ketones is 1. The Labute approximate surface area is 230 Å². The molecule has 0 spiro atoms. The molecule has 0 aliphatic carbocycles. The second-order valence-corrected chi connectivity index (χ2v) is 10.6. The summed E-state index contributed by atoms with van der Waals surface area (Å²) in [6.45, 7) is 0. The molecule has 0 aliphatic rings. The SMILES string of the molecule is COc1cc(OC)c(C=CS(=O)(=O)Cc2cnc(OC)c(NC=CC(=O)c3ccc(Br)cc3)c2)c(OC)c1. The molecule has 11 heteroatoms. The van der Waals surface area contributed by atoms with E-state index >= 15 is 0 Å². The Hall–Kier alpha value is -3.83. The summed E-state index contributed by atoms with van der Waals surface area (Å²) in [5.74, 6) is 1.03. The summed E-state index contributed by atoms with van der Waals surface area (Å²) >= 11 is 3.34. The average molecular weight is 603 g/mol. The van der Waals surface area contributed by atoms with Crippen molar-refractivity contribution in [1.82, 2.24) is 4.98 Å². The largest absolute Gasteiger partial charge is 0.496 e. The van der Waals surface area contributed by atoms with E-state index in [4.69, 9.17) is 18.9 Å². The molecule has 9 nitrogen and oxygen atoms in total. The van der Waals surface area contributed by atoms with Crippen LogP contribution in [0.15, 0.2) is 70.8 Å². The van der Waals surface area contributed by atoms with Gasteiger partial charge in [0.15, 0.2) is 15.6 Å². The number of anilines is 1. The van der Waals surface area contributed by atoms with E-state index in [9.17, 15) is 13.2 Å². The van der Waals surface area contributed by atoms with Crippen LogP contribution in [0.3, 0.4) is 0 Å². The Morgan fingerprint density at radius 3 is 2.21 bits per heavy atom. The molecule has 0 fully saturated rings. The molecule has 0 saturated heterocycles. The zero-order valence-corrected chi connectivity index (χ0v) is 23.6. The fourth-order valence-corrected chi connectivity index (χ4v) is 4.73. The Morgan fingerprint density at radius 2 is 1.63 bits per heavy atom. The van der Waals surface area contributed by atoms with Crippen LogP contribution in [0.1, 0.15) is 21.5 Å². The van der Waals surface area contributed by atoms with Crippen molar-refractivity contribution < 1.29 is 32.2 Å². The van der Waals surface area contributed by atoms with Crippen LogP contribution in [0, 0.1) is 0 Å². The third kappa shape index (κ3) is 7.59. The van der Waals surface area contributed by atoms with E-state index in [0.717, 1.165) is 9.88 Å². The molecule has 1 heterocycles. The van der Waals surface area contributed by atoms with Gasteiger partial charge in [0.25, 0.3) is 0 Å². The summed E-state index contributed by atoms with van der Waals surface area (Å²) in [7, 11) is 2.18. The summed E-state index contributed by atoms with van der Waals surface area (Å²) in [4.78, 5) is 16.6. The molecule has 0 aliphatic heterocycles. The Morgan fingerprint density at radius 1 is 0.974 bits per heavy atom. The standard InChI is InChI=1S/C27H27BrN2O7S/c1-34-21-14-25(35-2)22(26(15-21)36-3)10-12-38(32,33)17-18-13-23(27(37-4)30-16-18)29-11-9-24(31)19-5-7-20(28)8-6-19/h5-16,29H,17H2,1-4H3. The summed E-state index contributed by atoms with van der Waals surface area (Å²) in [6, 6.07) is 11.8. The number of allylic oxidation sites excluding steroid dienone is 1. The minimum atomic E-state index is -3.72. The van der Waals surface area contributed by atoms with Crippen molar-refractivity contribution in [3.05, 3.63) is 87.5 Å². The number of rotatable bonds is 12. The van der Waals surface area contributed by atoms with Crippen LogP contribution in [0.4, 0.5) is 5.69 Å². The fourth-order valence-electron chi connectivity index (χ4n) is 3.41. The third-order valence-corrected chi connectivity index (χ3v) is 7.08. The van der Waals surface area contributed by atoms with E-state index in [2.05, 4.69) is 26.2 Å². The molecule has 3 aromatic rings. The third-order valence-electron chi connectivity index (χ3n) is 5.27. The normalized spacial score (nSPS) is 11.5. The van der Waals surface area contributed by atoms with E-state index < -0.39 is 9.84 Å². The maximum absolute atomic E-state index is 12.9. The number of methoxy groups -OCH3 is 4. The second kappa shape index (κ2) is 13.1. The van der Waals surface area contributed by atoms with Crippen molar-refractivity contribution >= 4 is 43.3 Å². The Bertz CT molecular complexity index is 1430. The number of pyridine rings is 1. The van der Waals surface area contributed by atoms with Crippen LogP contribution >= 0.6 is 15.9 Å². The van der Waals surface area contributed by atoms with Crippen molar-refractivity contribution in [1.29, 1.82) is 0 Å². The number of nitrogens with one attached hydrogen (secondary N) is 1.